The van der Waals surface area contributed by atoms with Crippen molar-refractivity contribution in [2.75, 3.05) is 26.2 Å². The van der Waals surface area contributed by atoms with Crippen molar-refractivity contribution in [2.45, 2.75) is 32.2 Å². The summed E-state index contributed by atoms with van der Waals surface area (Å²) in [5.41, 5.74) is -0.168. The predicted molar refractivity (Wildman–Crippen MR) is 90.9 cm³/mol. The Bertz CT molecular complexity index is 698. The fraction of sp³-hybridized carbons (Fsp3) is 0.611. The van der Waals surface area contributed by atoms with E-state index in [9.17, 15) is 19.5 Å². The van der Waals surface area contributed by atoms with Gasteiger partial charge in [-0.3, -0.25) is 14.4 Å². The number of aromatic nitrogens is 1. The van der Waals surface area contributed by atoms with E-state index >= 15 is 0 Å². The summed E-state index contributed by atoms with van der Waals surface area (Å²) in [5, 5.41) is 10.1. The lowest BCUT2D eigenvalue weighted by molar-refractivity contribution is -0.148. The van der Waals surface area contributed by atoms with Crippen LogP contribution in [0.4, 0.5) is 0 Å². The molecule has 0 saturated carbocycles. The van der Waals surface area contributed by atoms with Crippen LogP contribution in [0, 0.1) is 5.41 Å². The van der Waals surface area contributed by atoms with Crippen molar-refractivity contribution < 1.29 is 19.5 Å². The molecule has 0 aromatic carbocycles. The minimum Gasteiger partial charge on any atom is -0.396 e. The minimum atomic E-state index is -0.535. The number of amides is 2. The minimum absolute atomic E-state index is 0.0189. The highest BCUT2D eigenvalue weighted by Crippen LogP contribution is 2.41. The van der Waals surface area contributed by atoms with Gasteiger partial charge in [0.2, 0.25) is 5.91 Å². The van der Waals surface area contributed by atoms with Crippen LogP contribution in [-0.4, -0.2) is 69.4 Å². The van der Waals surface area contributed by atoms with Crippen molar-refractivity contribution in [3.8, 4) is 0 Å². The Balaban J connectivity index is 1.85. The lowest BCUT2D eigenvalue weighted by atomic mass is 9.69. The first-order valence-corrected chi connectivity index (χ1v) is 8.72. The Kier molecular flexibility index (Phi) is 4.69. The molecule has 0 aliphatic carbocycles. The molecule has 2 saturated heterocycles. The van der Waals surface area contributed by atoms with Gasteiger partial charge in [0.15, 0.2) is 0 Å². The Morgan fingerprint density at radius 1 is 1.32 bits per heavy atom. The fourth-order valence-corrected chi connectivity index (χ4v) is 4.32. The van der Waals surface area contributed by atoms with Crippen molar-refractivity contribution >= 4 is 17.6 Å². The number of piperidine rings is 2. The first-order valence-electron chi connectivity index (χ1n) is 8.72. The van der Waals surface area contributed by atoms with Gasteiger partial charge in [-0.05, 0) is 31.4 Å². The van der Waals surface area contributed by atoms with Crippen molar-refractivity contribution in [1.82, 2.24) is 14.4 Å². The average Bonchev–Trinajstić information content (AvgIpc) is 3.05. The lowest BCUT2D eigenvalue weighted by Crippen LogP contribution is -2.64. The summed E-state index contributed by atoms with van der Waals surface area (Å²) in [7, 11) is 1.74. The number of fused-ring (bicyclic) bond motifs is 1. The SMILES string of the molecule is CC(=O)N1CC[C@@H]2N(C(=O)C(=O)c3cccn3C)CCC[C@@]2(CO)C1. The first kappa shape index (κ1) is 17.7. The maximum absolute atomic E-state index is 12.9. The number of carbonyl (C=O) groups excluding carboxylic acids is 3. The molecule has 0 spiro atoms. The fourth-order valence-electron chi connectivity index (χ4n) is 4.32. The van der Waals surface area contributed by atoms with Crippen LogP contribution in [0.15, 0.2) is 18.3 Å². The molecule has 0 unspecified atom stereocenters. The van der Waals surface area contributed by atoms with Crippen molar-refractivity contribution in [3.05, 3.63) is 24.0 Å². The van der Waals surface area contributed by atoms with Gasteiger partial charge in [-0.15, -0.1) is 0 Å². The van der Waals surface area contributed by atoms with Crippen LogP contribution >= 0.6 is 0 Å². The molecule has 3 heterocycles. The van der Waals surface area contributed by atoms with Crippen molar-refractivity contribution in [3.63, 3.8) is 0 Å². The van der Waals surface area contributed by atoms with Crippen LogP contribution in [0.2, 0.25) is 0 Å². The third-order valence-electron chi connectivity index (χ3n) is 5.73. The van der Waals surface area contributed by atoms with E-state index in [2.05, 4.69) is 0 Å². The number of Topliss-reactive ketones (excluding diaryl/α,β-unsaturated/α-hetero) is 1. The summed E-state index contributed by atoms with van der Waals surface area (Å²) in [6.45, 7) is 2.93. The molecule has 7 nitrogen and oxygen atoms in total. The number of hydrogen-bond acceptors (Lipinski definition) is 4. The van der Waals surface area contributed by atoms with Crippen LogP contribution in [-0.2, 0) is 16.6 Å². The van der Waals surface area contributed by atoms with E-state index in [1.54, 1.807) is 39.7 Å². The van der Waals surface area contributed by atoms with Gasteiger partial charge in [-0.1, -0.05) is 0 Å². The van der Waals surface area contributed by atoms with Crippen molar-refractivity contribution in [1.29, 1.82) is 0 Å². The summed E-state index contributed by atoms with van der Waals surface area (Å²) in [6, 6.07) is 3.17. The molecule has 2 amide bonds. The zero-order valence-electron chi connectivity index (χ0n) is 14.8. The van der Waals surface area contributed by atoms with Crippen molar-refractivity contribution in [2.24, 2.45) is 12.5 Å². The molecule has 1 aromatic rings. The smallest absolute Gasteiger partial charge is 0.296 e. The number of aliphatic hydroxyl groups excluding tert-OH is 1. The maximum Gasteiger partial charge on any atom is 0.296 e. The van der Waals surface area contributed by atoms with E-state index in [-0.39, 0.29) is 18.6 Å². The largest absolute Gasteiger partial charge is 0.396 e. The van der Waals surface area contributed by atoms with Gasteiger partial charge in [0.1, 0.15) is 0 Å². The Morgan fingerprint density at radius 2 is 2.08 bits per heavy atom. The zero-order chi connectivity index (χ0) is 18.2. The molecule has 2 aliphatic rings. The zero-order valence-corrected chi connectivity index (χ0v) is 14.8. The number of aryl methyl sites for hydroxylation is 1. The lowest BCUT2D eigenvalue weighted by Gasteiger charge is -2.54. The predicted octanol–water partition coefficient (Wildman–Crippen LogP) is 0.430. The molecule has 136 valence electrons. The van der Waals surface area contributed by atoms with E-state index in [0.717, 1.165) is 12.8 Å². The molecule has 25 heavy (non-hydrogen) atoms. The summed E-state index contributed by atoms with van der Waals surface area (Å²) in [6.07, 6.45) is 3.79. The van der Waals surface area contributed by atoms with Gasteiger partial charge in [0, 0.05) is 51.3 Å². The third-order valence-corrected chi connectivity index (χ3v) is 5.73. The number of hydrogen-bond donors (Lipinski definition) is 1. The standard InChI is InChI=1S/C18H25N3O4/c1-13(23)20-10-6-15-18(11-20,12-22)7-4-9-21(15)17(25)16(24)14-5-3-8-19(14)2/h3,5,8,15,22H,4,6-7,9-12H2,1-2H3/t15-,18-/m0/s1. The van der Waals surface area contributed by atoms with Gasteiger partial charge >= 0.3 is 0 Å². The molecule has 1 aromatic heterocycles. The van der Waals surface area contributed by atoms with E-state index in [0.29, 0.717) is 31.7 Å². The highest BCUT2D eigenvalue weighted by Gasteiger charge is 2.50. The van der Waals surface area contributed by atoms with E-state index < -0.39 is 17.1 Å². The Labute approximate surface area is 147 Å². The molecule has 0 radical (unpaired) electrons. The second kappa shape index (κ2) is 6.63. The second-order valence-corrected chi connectivity index (χ2v) is 7.20. The van der Waals surface area contributed by atoms with Crippen LogP contribution in [0.3, 0.4) is 0 Å². The van der Waals surface area contributed by atoms with Gasteiger partial charge in [0.25, 0.3) is 11.7 Å². The molecule has 2 aliphatic heterocycles. The molecular formula is C18H25N3O4. The number of aliphatic hydroxyl groups is 1. The molecule has 2 atom stereocenters. The maximum atomic E-state index is 12.9. The number of likely N-dealkylation sites (tertiary alicyclic amines) is 2. The van der Waals surface area contributed by atoms with Crippen LogP contribution < -0.4 is 0 Å². The van der Waals surface area contributed by atoms with Crippen LogP contribution in [0.1, 0.15) is 36.7 Å². The van der Waals surface area contributed by atoms with Crippen LogP contribution in [0.25, 0.3) is 0 Å². The van der Waals surface area contributed by atoms with Gasteiger partial charge in [-0.25, -0.2) is 0 Å². The highest BCUT2D eigenvalue weighted by atomic mass is 16.3. The molecule has 1 N–H and O–H groups in total. The molecule has 7 heteroatoms. The second-order valence-electron chi connectivity index (χ2n) is 7.20. The third kappa shape index (κ3) is 2.97. The Morgan fingerprint density at radius 3 is 2.68 bits per heavy atom. The van der Waals surface area contributed by atoms with Crippen LogP contribution in [0.5, 0.6) is 0 Å². The van der Waals surface area contributed by atoms with Gasteiger partial charge < -0.3 is 19.5 Å². The number of nitrogens with zero attached hydrogens (tertiary/aromatic N) is 3. The molecule has 3 rings (SSSR count). The summed E-state index contributed by atoms with van der Waals surface area (Å²) >= 11 is 0. The monoisotopic (exact) mass is 347 g/mol. The number of ketones is 1. The van der Waals surface area contributed by atoms with Gasteiger partial charge in [0.05, 0.1) is 12.3 Å². The number of rotatable bonds is 3. The quantitative estimate of drug-likeness (QED) is 0.635. The first-order chi connectivity index (χ1) is 11.9. The summed E-state index contributed by atoms with van der Waals surface area (Å²) < 4.78 is 1.64. The topological polar surface area (TPSA) is 82.9 Å². The van der Waals surface area contributed by atoms with E-state index in [1.807, 2.05) is 0 Å². The highest BCUT2D eigenvalue weighted by molar-refractivity contribution is 6.42. The van der Waals surface area contributed by atoms with Gasteiger partial charge in [-0.2, -0.15) is 0 Å². The molecular weight excluding hydrogens is 322 g/mol. The van der Waals surface area contributed by atoms with E-state index in [1.165, 1.54) is 6.92 Å². The average molecular weight is 347 g/mol. The normalized spacial score (nSPS) is 26.3. The summed E-state index contributed by atoms with van der Waals surface area (Å²) in [4.78, 5) is 40.6. The Hall–Kier alpha value is -2.15. The number of carbonyl (C=O) groups is 3. The van der Waals surface area contributed by atoms with E-state index in [4.69, 9.17) is 0 Å². The summed E-state index contributed by atoms with van der Waals surface area (Å²) in [5.74, 6) is -1.05. The molecule has 2 fully saturated rings. The molecule has 0 bridgehead atoms.